The first-order valence-electron chi connectivity index (χ1n) is 22.6. The van der Waals surface area contributed by atoms with Gasteiger partial charge in [0.15, 0.2) is 0 Å². The molecule has 0 N–H and O–H groups in total. The first-order chi connectivity index (χ1) is 31.1. The summed E-state index contributed by atoms with van der Waals surface area (Å²) >= 11 is 0. The Morgan fingerprint density at radius 1 is 0.470 bits per heavy atom. The molecule has 0 aliphatic heterocycles. The molecule has 1 unspecified atom stereocenters. The molecule has 66 heavy (non-hydrogen) atoms. The minimum atomic E-state index is -0.714. The van der Waals surface area contributed by atoms with E-state index in [0.29, 0.717) is 0 Å². The fourth-order valence-electron chi connectivity index (χ4n) is 9.89. The van der Waals surface area contributed by atoms with Crippen LogP contribution in [-0.2, 0) is 55.6 Å². The number of hydrogen-bond acceptors (Lipinski definition) is 0. The fourth-order valence-corrected chi connectivity index (χ4v) is 15.4. The van der Waals surface area contributed by atoms with Crippen molar-refractivity contribution in [2.24, 2.45) is 0 Å². The van der Waals surface area contributed by atoms with Gasteiger partial charge < -0.3 is 12.8 Å². The van der Waals surface area contributed by atoms with Gasteiger partial charge in [0.25, 0.3) is 0 Å². The number of benzene rings is 7. The van der Waals surface area contributed by atoms with Crippen LogP contribution in [0.2, 0.25) is 0 Å². The Balaban J connectivity index is 0.000000194. The molecule has 0 saturated carbocycles. The molecular formula is C62H60Au2P2+2. The largest absolute Gasteiger partial charge is 1.00 e. The zero-order valence-electron chi connectivity index (χ0n) is 38.9. The molecule has 0 fully saturated rings. The van der Waals surface area contributed by atoms with Crippen LogP contribution in [0.4, 0.5) is 0 Å². The number of unbranched alkanes of at least 4 members (excludes halogenated alkanes) is 1. The molecule has 1 atom stereocenters. The normalized spacial score (nSPS) is 13.6. The third-order valence-electron chi connectivity index (χ3n) is 12.9. The number of rotatable bonds is 10. The zero-order valence-corrected chi connectivity index (χ0v) is 45.2. The summed E-state index contributed by atoms with van der Waals surface area (Å²) in [5.41, 5.74) is 12.0. The van der Waals surface area contributed by atoms with Crippen LogP contribution >= 0.6 is 15.8 Å². The van der Waals surface area contributed by atoms with E-state index in [0.717, 1.165) is 11.1 Å². The van der Waals surface area contributed by atoms with E-state index < -0.39 is 15.8 Å². The molecule has 0 aromatic heterocycles. The van der Waals surface area contributed by atoms with E-state index in [-0.39, 0.29) is 55.6 Å². The molecule has 0 heterocycles. The summed E-state index contributed by atoms with van der Waals surface area (Å²) in [5.74, 6) is 5.14. The predicted octanol–water partition coefficient (Wildman–Crippen LogP) is 14.5. The van der Waals surface area contributed by atoms with Crippen molar-refractivity contribution in [2.75, 3.05) is 12.3 Å². The van der Waals surface area contributed by atoms with E-state index in [4.69, 9.17) is 12.8 Å². The minimum Gasteiger partial charge on any atom is -0.366 e. The molecule has 9 rings (SSSR count). The van der Waals surface area contributed by atoms with E-state index in [2.05, 4.69) is 223 Å². The average Bonchev–Trinajstić information content (AvgIpc) is 3.73. The Morgan fingerprint density at radius 2 is 0.848 bits per heavy atom. The molecule has 2 aliphatic rings. The van der Waals surface area contributed by atoms with Crippen molar-refractivity contribution in [3.05, 3.63) is 246 Å². The summed E-state index contributed by atoms with van der Waals surface area (Å²) in [4.78, 5) is 0. The second-order valence-corrected chi connectivity index (χ2v) is 22.8. The predicted molar refractivity (Wildman–Crippen MR) is 283 cm³/mol. The fraction of sp³-hybridized carbons (Fsp3) is 0.194. The Labute approximate surface area is 430 Å². The molecule has 4 heteroatoms. The summed E-state index contributed by atoms with van der Waals surface area (Å²) in [6.45, 7) is 13.2. The monoisotopic (exact) mass is 1260 g/mol. The molecule has 7 aromatic rings. The molecule has 0 spiro atoms. The topological polar surface area (TPSA) is 0 Å². The van der Waals surface area contributed by atoms with E-state index >= 15 is 0 Å². The maximum atomic E-state index is 7.45. The van der Waals surface area contributed by atoms with Crippen LogP contribution in [0.25, 0.3) is 22.3 Å². The van der Waals surface area contributed by atoms with Gasteiger partial charge in [-0.15, -0.1) is 23.3 Å². The number of fused-ring (bicyclic) bond motifs is 6. The van der Waals surface area contributed by atoms with Crippen LogP contribution in [0.1, 0.15) is 87.8 Å². The van der Waals surface area contributed by atoms with Gasteiger partial charge >= 0.3 is 44.8 Å². The molecular weight excluding hydrogens is 1200 g/mol. The van der Waals surface area contributed by atoms with Gasteiger partial charge in [-0.1, -0.05) is 172 Å². The van der Waals surface area contributed by atoms with Gasteiger partial charge in [0.2, 0.25) is 0 Å². The molecule has 0 radical (unpaired) electrons. The molecule has 0 saturated heterocycles. The Morgan fingerprint density at radius 3 is 1.26 bits per heavy atom. The number of allylic oxidation sites excluding steroid dienone is 4. The van der Waals surface area contributed by atoms with Crippen molar-refractivity contribution in [3.63, 3.8) is 0 Å². The summed E-state index contributed by atoms with van der Waals surface area (Å²) < 4.78 is 0. The second kappa shape index (κ2) is 24.5. The Hall–Kier alpha value is -4.52. The van der Waals surface area contributed by atoms with Gasteiger partial charge in [-0.05, 0) is 109 Å². The van der Waals surface area contributed by atoms with Gasteiger partial charge in [-0.2, -0.15) is 0 Å². The van der Waals surface area contributed by atoms with Gasteiger partial charge in [-0.25, -0.2) is 0 Å². The Bertz CT molecular complexity index is 2670. The van der Waals surface area contributed by atoms with Gasteiger partial charge in [0.05, 0.1) is 49.4 Å². The van der Waals surface area contributed by atoms with Crippen LogP contribution in [0, 0.1) is 24.7 Å². The van der Waals surface area contributed by atoms with Crippen molar-refractivity contribution in [1.82, 2.24) is 0 Å². The van der Waals surface area contributed by atoms with Crippen LogP contribution in [0.3, 0.4) is 0 Å². The molecule has 0 bridgehead atoms. The van der Waals surface area contributed by atoms with Gasteiger partial charge in [0, 0.05) is 10.8 Å². The van der Waals surface area contributed by atoms with Crippen molar-refractivity contribution >= 4 is 31.8 Å². The third kappa shape index (κ3) is 11.4. The Kier molecular flexibility index (Phi) is 19.5. The second-order valence-electron chi connectivity index (χ2n) is 17.6. The van der Waals surface area contributed by atoms with Crippen LogP contribution < -0.4 is 15.9 Å². The molecule has 0 amide bonds. The average molecular weight is 1260 g/mol. The SMILES string of the molecule is C/C=C\C(=C/C)[PH+](CCCC[PH+](c1ccccc1)c1ccccc1)c1ccccc1.[Au+].[Au+].[C-]#Cc1cccc2c1C(C)(C)c1ccccc1-2.[C-]#Cc1cccc2c1C(C)(C)c1ccccc1-2. The van der Waals surface area contributed by atoms with Crippen molar-refractivity contribution in [2.45, 2.75) is 65.2 Å². The molecule has 2 aliphatic carbocycles. The summed E-state index contributed by atoms with van der Waals surface area (Å²) in [6, 6.07) is 62.7. The van der Waals surface area contributed by atoms with Crippen LogP contribution in [-0.4, -0.2) is 12.3 Å². The van der Waals surface area contributed by atoms with Crippen LogP contribution in [0.5, 0.6) is 0 Å². The maximum Gasteiger partial charge on any atom is 1.00 e. The van der Waals surface area contributed by atoms with E-state index in [9.17, 15) is 0 Å². The van der Waals surface area contributed by atoms with E-state index in [1.165, 1.54) is 90.9 Å². The summed E-state index contributed by atoms with van der Waals surface area (Å²) in [6.07, 6.45) is 26.9. The van der Waals surface area contributed by atoms with E-state index in [1.807, 2.05) is 24.3 Å². The quantitative estimate of drug-likeness (QED) is 0.0320. The zero-order chi connectivity index (χ0) is 45.1. The summed E-state index contributed by atoms with van der Waals surface area (Å²) in [5, 5.41) is 6.13. The van der Waals surface area contributed by atoms with E-state index in [1.54, 1.807) is 0 Å². The molecule has 7 aromatic carbocycles. The van der Waals surface area contributed by atoms with Gasteiger partial charge in [0.1, 0.15) is 0 Å². The van der Waals surface area contributed by atoms with Crippen molar-refractivity contribution < 1.29 is 44.8 Å². The molecule has 0 nitrogen and oxygen atoms in total. The van der Waals surface area contributed by atoms with Crippen LogP contribution in [0.15, 0.2) is 199 Å². The first-order valence-corrected chi connectivity index (χ1v) is 26.1. The first kappa shape index (κ1) is 52.4. The standard InChI is InChI=1S/C28H32P2.2C17H13.2Au/c1-3-16-25(4-2)29(26-17-8-5-9-18-26)23-14-15-24-30(27-19-10-6-11-20-27)28-21-12-7-13-22-28;2*1-4-12-8-7-10-14-13-9-5-6-11-15(13)17(2,3)16(12)14;;/h3-13,16-22H,14-15,23-24H2,1-2H3;2*5-11H,2-3H3;;/q;2*-1;2*+1/p+2/b16-3-,25-4+;;;;. The van der Waals surface area contributed by atoms with Crippen molar-refractivity contribution in [3.8, 4) is 34.1 Å². The summed E-state index contributed by atoms with van der Waals surface area (Å²) in [7, 11) is -1.43. The number of hydrogen-bond donors (Lipinski definition) is 0. The smallest absolute Gasteiger partial charge is 0.366 e. The van der Waals surface area contributed by atoms with Crippen molar-refractivity contribution in [1.29, 1.82) is 0 Å². The maximum absolute atomic E-state index is 7.45. The molecule has 338 valence electrons. The third-order valence-corrected chi connectivity index (χ3v) is 18.9. The van der Waals surface area contributed by atoms with Gasteiger partial charge in [-0.3, -0.25) is 11.8 Å². The minimum absolute atomic E-state index is 0.